The van der Waals surface area contributed by atoms with Crippen LogP contribution in [0.3, 0.4) is 0 Å². The van der Waals surface area contributed by atoms with Crippen LogP contribution in [-0.2, 0) is 20.0 Å². The molecule has 0 bridgehead atoms. The molecule has 1 atom stereocenters. The fourth-order valence-electron chi connectivity index (χ4n) is 1.66. The second-order valence-electron chi connectivity index (χ2n) is 4.08. The first kappa shape index (κ1) is 12.5. The Morgan fingerprint density at radius 3 is 2.73 bits per heavy atom. The highest BCUT2D eigenvalue weighted by atomic mass is 35.5. The van der Waals surface area contributed by atoms with E-state index in [1.807, 2.05) is 18.7 Å². The number of hydrogen-bond donors (Lipinski definition) is 0. The summed E-state index contributed by atoms with van der Waals surface area (Å²) >= 11 is 5.95. The largest absolute Gasteiger partial charge is 0.299 e. The Balaban J connectivity index is 2.59. The van der Waals surface area contributed by atoms with Crippen LogP contribution in [0, 0.1) is 0 Å². The van der Waals surface area contributed by atoms with E-state index in [4.69, 9.17) is 11.6 Å². The molecule has 3 nitrogen and oxygen atoms in total. The number of hydrogen-bond acceptors (Lipinski definition) is 2. The lowest BCUT2D eigenvalue weighted by Crippen LogP contribution is -2.25. The lowest BCUT2D eigenvalue weighted by Gasteiger charge is -2.17. The summed E-state index contributed by atoms with van der Waals surface area (Å²) in [5.74, 6) is 0. The lowest BCUT2D eigenvalue weighted by molar-refractivity contribution is 0.320. The average Bonchev–Trinajstić information content (AvgIpc) is 2.46. The minimum Gasteiger partial charge on any atom is -0.299 e. The van der Waals surface area contributed by atoms with E-state index < -0.39 is 0 Å². The number of aromatic nitrogens is 2. The van der Waals surface area contributed by atoms with Crippen LogP contribution in [0.25, 0.3) is 0 Å². The van der Waals surface area contributed by atoms with E-state index >= 15 is 0 Å². The zero-order chi connectivity index (χ0) is 11.4. The van der Waals surface area contributed by atoms with Gasteiger partial charge in [-0.25, -0.2) is 0 Å². The smallest absolute Gasteiger partial charge is 0.0625 e. The van der Waals surface area contributed by atoms with Crippen molar-refractivity contribution in [2.24, 2.45) is 7.05 Å². The molecule has 0 aliphatic heterocycles. The van der Waals surface area contributed by atoms with Crippen molar-refractivity contribution in [3.63, 3.8) is 0 Å². The van der Waals surface area contributed by atoms with E-state index in [0.717, 1.165) is 25.2 Å². The van der Waals surface area contributed by atoms with E-state index in [9.17, 15) is 0 Å². The first-order chi connectivity index (χ1) is 7.02. The van der Waals surface area contributed by atoms with Crippen molar-refractivity contribution < 1.29 is 0 Å². The fraction of sp³-hybridized carbons (Fsp3) is 0.727. The van der Waals surface area contributed by atoms with E-state index in [-0.39, 0.29) is 5.38 Å². The van der Waals surface area contributed by atoms with Gasteiger partial charge >= 0.3 is 0 Å². The van der Waals surface area contributed by atoms with E-state index in [1.165, 1.54) is 5.69 Å². The topological polar surface area (TPSA) is 21.1 Å². The van der Waals surface area contributed by atoms with Crippen LogP contribution in [0.15, 0.2) is 6.07 Å². The molecule has 4 heteroatoms. The third kappa shape index (κ3) is 3.84. The maximum absolute atomic E-state index is 5.95. The Kier molecular flexibility index (Phi) is 4.61. The molecule has 1 aromatic rings. The van der Waals surface area contributed by atoms with Gasteiger partial charge in [-0.15, -0.1) is 11.6 Å². The Bertz CT molecular complexity index is 307. The summed E-state index contributed by atoms with van der Waals surface area (Å²) in [6.45, 7) is 5.93. The molecule has 0 saturated carbocycles. The molecule has 0 aliphatic carbocycles. The van der Waals surface area contributed by atoms with Gasteiger partial charge in [0.25, 0.3) is 0 Å². The summed E-state index contributed by atoms with van der Waals surface area (Å²) < 4.78 is 1.95. The van der Waals surface area contributed by atoms with Crippen LogP contribution in [0.4, 0.5) is 0 Å². The maximum atomic E-state index is 5.95. The first-order valence-corrected chi connectivity index (χ1v) is 5.81. The molecule has 0 fully saturated rings. The van der Waals surface area contributed by atoms with E-state index in [2.05, 4.69) is 30.0 Å². The van der Waals surface area contributed by atoms with Crippen LogP contribution in [0.5, 0.6) is 0 Å². The highest BCUT2D eigenvalue weighted by Gasteiger charge is 2.08. The second-order valence-corrected chi connectivity index (χ2v) is 4.83. The van der Waals surface area contributed by atoms with Crippen LogP contribution < -0.4 is 0 Å². The van der Waals surface area contributed by atoms with Gasteiger partial charge in [0.2, 0.25) is 0 Å². The van der Waals surface area contributed by atoms with Gasteiger partial charge in [-0.3, -0.25) is 9.58 Å². The molecule has 0 aromatic carbocycles. The van der Waals surface area contributed by atoms with E-state index in [1.54, 1.807) is 0 Å². The summed E-state index contributed by atoms with van der Waals surface area (Å²) in [6, 6.07) is 2.16. The van der Waals surface area contributed by atoms with Crippen molar-refractivity contribution in [2.75, 3.05) is 13.6 Å². The van der Waals surface area contributed by atoms with Gasteiger partial charge in [-0.1, -0.05) is 6.92 Å². The molecule has 0 radical (unpaired) electrons. The Labute approximate surface area is 97.0 Å². The van der Waals surface area contributed by atoms with Gasteiger partial charge in [-0.2, -0.15) is 5.10 Å². The van der Waals surface area contributed by atoms with Gasteiger partial charge in [-0.05, 0) is 26.5 Å². The second kappa shape index (κ2) is 5.52. The normalized spacial score (nSPS) is 13.5. The molecule has 0 aliphatic rings. The average molecular weight is 230 g/mol. The van der Waals surface area contributed by atoms with Crippen molar-refractivity contribution in [3.05, 3.63) is 17.5 Å². The minimum absolute atomic E-state index is 0.189. The quantitative estimate of drug-likeness (QED) is 0.721. The summed E-state index contributed by atoms with van der Waals surface area (Å²) in [5.41, 5.74) is 2.39. The molecule has 1 rings (SSSR count). The molecular formula is C11H20ClN3. The van der Waals surface area contributed by atoms with Gasteiger partial charge in [0.1, 0.15) is 0 Å². The Hall–Kier alpha value is -0.540. The predicted molar refractivity (Wildman–Crippen MR) is 64.2 cm³/mol. The highest BCUT2D eigenvalue weighted by Crippen LogP contribution is 2.07. The SMILES string of the molecule is CCc1cc(CN(C)CC(C)Cl)n(C)n1. The van der Waals surface area contributed by atoms with Crippen molar-refractivity contribution in [3.8, 4) is 0 Å². The van der Waals surface area contributed by atoms with Crippen LogP contribution >= 0.6 is 11.6 Å². The summed E-state index contributed by atoms with van der Waals surface area (Å²) in [4.78, 5) is 2.22. The van der Waals surface area contributed by atoms with Gasteiger partial charge in [0.05, 0.1) is 11.4 Å². The third-order valence-electron chi connectivity index (χ3n) is 2.38. The van der Waals surface area contributed by atoms with E-state index in [0.29, 0.717) is 0 Å². The zero-order valence-corrected chi connectivity index (χ0v) is 10.8. The fourth-order valence-corrected chi connectivity index (χ4v) is 1.90. The molecule has 0 N–H and O–H groups in total. The van der Waals surface area contributed by atoms with Crippen LogP contribution in [0.1, 0.15) is 25.2 Å². The van der Waals surface area contributed by atoms with Crippen molar-refractivity contribution in [2.45, 2.75) is 32.2 Å². The molecule has 1 aromatic heterocycles. The van der Waals surface area contributed by atoms with Gasteiger partial charge in [0.15, 0.2) is 0 Å². The zero-order valence-electron chi connectivity index (χ0n) is 10.00. The molecule has 0 amide bonds. The summed E-state index contributed by atoms with van der Waals surface area (Å²) in [5, 5.41) is 4.61. The van der Waals surface area contributed by atoms with Gasteiger partial charge in [0, 0.05) is 25.5 Å². The number of halogens is 1. The molecule has 1 heterocycles. The third-order valence-corrected chi connectivity index (χ3v) is 2.52. The summed E-state index contributed by atoms with van der Waals surface area (Å²) in [7, 11) is 4.07. The Morgan fingerprint density at radius 1 is 1.60 bits per heavy atom. The number of alkyl halides is 1. The molecular weight excluding hydrogens is 210 g/mol. The van der Waals surface area contributed by atoms with Crippen molar-refractivity contribution in [1.29, 1.82) is 0 Å². The standard InChI is InChI=1S/C11H20ClN3/c1-5-10-6-11(15(4)13-10)8-14(3)7-9(2)12/h6,9H,5,7-8H2,1-4H3. The van der Waals surface area contributed by atoms with Crippen molar-refractivity contribution in [1.82, 2.24) is 14.7 Å². The number of aryl methyl sites for hydroxylation is 2. The number of nitrogens with zero attached hydrogens (tertiary/aromatic N) is 3. The van der Waals surface area contributed by atoms with Crippen molar-refractivity contribution >= 4 is 11.6 Å². The Morgan fingerprint density at radius 2 is 2.27 bits per heavy atom. The minimum atomic E-state index is 0.189. The van der Waals surface area contributed by atoms with Crippen LogP contribution in [0.2, 0.25) is 0 Å². The first-order valence-electron chi connectivity index (χ1n) is 5.37. The summed E-state index contributed by atoms with van der Waals surface area (Å²) in [6.07, 6.45) is 0.990. The highest BCUT2D eigenvalue weighted by molar-refractivity contribution is 6.20. The van der Waals surface area contributed by atoms with Gasteiger partial charge < -0.3 is 0 Å². The lowest BCUT2D eigenvalue weighted by atomic mass is 10.3. The predicted octanol–water partition coefficient (Wildman–Crippen LogP) is 2.04. The maximum Gasteiger partial charge on any atom is 0.0625 e. The molecule has 0 spiro atoms. The molecule has 15 heavy (non-hydrogen) atoms. The molecule has 0 saturated heterocycles. The monoisotopic (exact) mass is 229 g/mol. The van der Waals surface area contributed by atoms with Crippen LogP contribution in [-0.4, -0.2) is 33.6 Å². The molecule has 86 valence electrons. The number of rotatable bonds is 5. The molecule has 1 unspecified atom stereocenters.